The van der Waals surface area contributed by atoms with Crippen molar-refractivity contribution < 1.29 is 4.42 Å². The average Bonchev–Trinajstić information content (AvgIpc) is 3.28. The van der Waals surface area contributed by atoms with E-state index in [4.69, 9.17) is 16.0 Å². The Bertz CT molecular complexity index is 797. The van der Waals surface area contributed by atoms with Crippen LogP contribution in [0.5, 0.6) is 0 Å². The molecule has 1 aliphatic heterocycles. The third-order valence-electron chi connectivity index (χ3n) is 4.49. The number of guanidine groups is 1. The number of rotatable bonds is 4. The van der Waals surface area contributed by atoms with Gasteiger partial charge in [-0.05, 0) is 18.6 Å². The molecule has 0 bridgehead atoms. The number of nitrogens with zero attached hydrogens (tertiary/aromatic N) is 4. The number of halogens is 1. The summed E-state index contributed by atoms with van der Waals surface area (Å²) in [6.07, 6.45) is 4.55. The SMILES string of the molecule is CN=C(NCc1ncc(C(C)(C)C)o1)NC1CCN(c2ncccc2Cl)C1. The van der Waals surface area contributed by atoms with Gasteiger partial charge in [-0.2, -0.15) is 0 Å². The van der Waals surface area contributed by atoms with Crippen molar-refractivity contribution >= 4 is 23.4 Å². The van der Waals surface area contributed by atoms with E-state index in [0.29, 0.717) is 17.5 Å². The summed E-state index contributed by atoms with van der Waals surface area (Å²) in [5.74, 6) is 3.09. The van der Waals surface area contributed by atoms with Crippen LogP contribution in [0.25, 0.3) is 0 Å². The van der Waals surface area contributed by atoms with Crippen LogP contribution < -0.4 is 15.5 Å². The lowest BCUT2D eigenvalue weighted by molar-refractivity contribution is 0.379. The van der Waals surface area contributed by atoms with Crippen molar-refractivity contribution in [2.75, 3.05) is 25.0 Å². The lowest BCUT2D eigenvalue weighted by Crippen LogP contribution is -2.44. The minimum absolute atomic E-state index is 0.0504. The maximum atomic E-state index is 6.26. The average molecular weight is 391 g/mol. The molecule has 0 spiro atoms. The molecule has 2 N–H and O–H groups in total. The van der Waals surface area contributed by atoms with E-state index in [2.05, 4.69) is 51.3 Å². The number of oxazole rings is 1. The third kappa shape index (κ3) is 4.91. The fraction of sp³-hybridized carbons (Fsp3) is 0.526. The summed E-state index contributed by atoms with van der Waals surface area (Å²) in [5.41, 5.74) is -0.0504. The van der Waals surface area contributed by atoms with Crippen LogP contribution in [-0.2, 0) is 12.0 Å². The highest BCUT2D eigenvalue weighted by Crippen LogP contribution is 2.26. The fourth-order valence-corrected chi connectivity index (χ4v) is 3.21. The van der Waals surface area contributed by atoms with Crippen LogP contribution in [0.4, 0.5) is 5.82 Å². The summed E-state index contributed by atoms with van der Waals surface area (Å²) >= 11 is 6.26. The Hall–Kier alpha value is -2.28. The number of pyridine rings is 1. The number of anilines is 1. The summed E-state index contributed by atoms with van der Waals surface area (Å²) in [6.45, 7) is 8.52. The van der Waals surface area contributed by atoms with Gasteiger partial charge in [0.2, 0.25) is 5.89 Å². The van der Waals surface area contributed by atoms with Gasteiger partial charge in [-0.1, -0.05) is 32.4 Å². The van der Waals surface area contributed by atoms with Crippen LogP contribution >= 0.6 is 11.6 Å². The molecule has 0 saturated carbocycles. The van der Waals surface area contributed by atoms with Crippen LogP contribution in [0.15, 0.2) is 33.9 Å². The fourth-order valence-electron chi connectivity index (χ4n) is 2.97. The second kappa shape index (κ2) is 8.17. The summed E-state index contributed by atoms with van der Waals surface area (Å²) in [4.78, 5) is 15.2. The quantitative estimate of drug-likeness (QED) is 0.617. The lowest BCUT2D eigenvalue weighted by Gasteiger charge is -2.20. The third-order valence-corrected chi connectivity index (χ3v) is 4.79. The van der Waals surface area contributed by atoms with Gasteiger partial charge in [-0.25, -0.2) is 9.97 Å². The molecule has 1 unspecified atom stereocenters. The molecule has 1 aliphatic rings. The van der Waals surface area contributed by atoms with Gasteiger partial charge in [0.15, 0.2) is 5.96 Å². The normalized spacial score (nSPS) is 18.0. The maximum absolute atomic E-state index is 6.26. The molecule has 0 radical (unpaired) electrons. The van der Waals surface area contributed by atoms with E-state index in [1.165, 1.54) is 0 Å². The Morgan fingerprint density at radius 3 is 2.89 bits per heavy atom. The standard InChI is InChI=1S/C19H27ClN6O/c1-19(2,3)15-10-23-16(27-15)11-24-18(21-4)25-13-7-9-26(12-13)17-14(20)6-5-8-22-17/h5-6,8,10,13H,7,9,11-12H2,1-4H3,(H2,21,24,25). The summed E-state index contributed by atoms with van der Waals surface area (Å²) in [5, 5.41) is 7.39. The zero-order valence-electron chi connectivity index (χ0n) is 16.3. The molecule has 0 amide bonds. The molecule has 27 heavy (non-hydrogen) atoms. The molecule has 3 heterocycles. The molecule has 7 nitrogen and oxygen atoms in total. The Morgan fingerprint density at radius 2 is 2.22 bits per heavy atom. The summed E-state index contributed by atoms with van der Waals surface area (Å²) in [7, 11) is 1.76. The molecular formula is C19H27ClN6O. The van der Waals surface area contributed by atoms with Gasteiger partial charge in [-0.15, -0.1) is 0 Å². The Morgan fingerprint density at radius 1 is 1.41 bits per heavy atom. The van der Waals surface area contributed by atoms with Gasteiger partial charge in [-0.3, -0.25) is 4.99 Å². The molecule has 0 aliphatic carbocycles. The van der Waals surface area contributed by atoms with Crippen molar-refractivity contribution in [2.45, 2.75) is 45.2 Å². The van der Waals surface area contributed by atoms with Crippen molar-refractivity contribution in [3.63, 3.8) is 0 Å². The summed E-state index contributed by atoms with van der Waals surface area (Å²) in [6, 6.07) is 3.98. The van der Waals surface area contributed by atoms with E-state index in [9.17, 15) is 0 Å². The first-order valence-corrected chi connectivity index (χ1v) is 9.52. The summed E-state index contributed by atoms with van der Waals surface area (Å²) < 4.78 is 5.81. The molecule has 0 aromatic carbocycles. The minimum atomic E-state index is -0.0504. The highest BCUT2D eigenvalue weighted by molar-refractivity contribution is 6.32. The van der Waals surface area contributed by atoms with E-state index >= 15 is 0 Å². The first-order valence-electron chi connectivity index (χ1n) is 9.14. The van der Waals surface area contributed by atoms with Crippen molar-refractivity contribution in [1.82, 2.24) is 20.6 Å². The maximum Gasteiger partial charge on any atom is 0.213 e. The Balaban J connectivity index is 1.52. The monoisotopic (exact) mass is 390 g/mol. The Labute approximate surface area is 165 Å². The number of nitrogens with one attached hydrogen (secondary N) is 2. The van der Waals surface area contributed by atoms with Crippen LogP contribution in [0.2, 0.25) is 5.02 Å². The molecule has 1 saturated heterocycles. The largest absolute Gasteiger partial charge is 0.443 e. The van der Waals surface area contributed by atoms with E-state index in [1.807, 2.05) is 12.1 Å². The van der Waals surface area contributed by atoms with Crippen LogP contribution in [0, 0.1) is 0 Å². The van der Waals surface area contributed by atoms with Gasteiger partial charge < -0.3 is 20.0 Å². The smallest absolute Gasteiger partial charge is 0.213 e. The van der Waals surface area contributed by atoms with Crippen molar-refractivity contribution in [1.29, 1.82) is 0 Å². The second-order valence-corrected chi connectivity index (χ2v) is 8.09. The van der Waals surface area contributed by atoms with Crippen LogP contribution in [-0.4, -0.2) is 42.1 Å². The van der Waals surface area contributed by atoms with Gasteiger partial charge in [0.05, 0.1) is 17.8 Å². The highest BCUT2D eigenvalue weighted by Gasteiger charge is 2.25. The predicted octanol–water partition coefficient (Wildman–Crippen LogP) is 2.96. The number of hydrogen-bond acceptors (Lipinski definition) is 5. The molecule has 1 fully saturated rings. The molecule has 1 atom stereocenters. The lowest BCUT2D eigenvalue weighted by atomic mass is 9.94. The molecule has 2 aromatic heterocycles. The number of hydrogen-bond donors (Lipinski definition) is 2. The first kappa shape index (κ1) is 19.5. The first-order chi connectivity index (χ1) is 12.9. The zero-order valence-corrected chi connectivity index (χ0v) is 17.0. The van der Waals surface area contributed by atoms with Crippen LogP contribution in [0.3, 0.4) is 0 Å². The van der Waals surface area contributed by atoms with Gasteiger partial charge in [0.25, 0.3) is 0 Å². The number of aliphatic imine (C=N–C) groups is 1. The predicted molar refractivity (Wildman–Crippen MR) is 108 cm³/mol. The van der Waals surface area contributed by atoms with Gasteiger partial charge in [0.1, 0.15) is 11.6 Å². The molecule has 8 heteroatoms. The topological polar surface area (TPSA) is 78.6 Å². The second-order valence-electron chi connectivity index (χ2n) is 7.68. The minimum Gasteiger partial charge on any atom is -0.443 e. The zero-order chi connectivity index (χ0) is 19.4. The van der Waals surface area contributed by atoms with Crippen LogP contribution in [0.1, 0.15) is 38.8 Å². The van der Waals surface area contributed by atoms with Crippen molar-refractivity contribution in [3.05, 3.63) is 41.2 Å². The molecule has 2 aromatic rings. The van der Waals surface area contributed by atoms with E-state index in [-0.39, 0.29) is 11.5 Å². The number of aromatic nitrogens is 2. The van der Waals surface area contributed by atoms with Crippen molar-refractivity contribution in [3.8, 4) is 0 Å². The highest BCUT2D eigenvalue weighted by atomic mass is 35.5. The van der Waals surface area contributed by atoms with E-state index in [1.54, 1.807) is 19.4 Å². The van der Waals surface area contributed by atoms with Crippen molar-refractivity contribution in [2.24, 2.45) is 4.99 Å². The van der Waals surface area contributed by atoms with E-state index in [0.717, 1.165) is 37.0 Å². The molecule has 3 rings (SSSR count). The van der Waals surface area contributed by atoms with Gasteiger partial charge in [0, 0.05) is 37.8 Å². The molecule has 146 valence electrons. The Kier molecular flexibility index (Phi) is 5.89. The molecular weight excluding hydrogens is 364 g/mol. The van der Waals surface area contributed by atoms with Gasteiger partial charge >= 0.3 is 0 Å². The van der Waals surface area contributed by atoms with E-state index < -0.39 is 0 Å².